The molecule has 0 fully saturated rings. The predicted molar refractivity (Wildman–Crippen MR) is 77.2 cm³/mol. The topological polar surface area (TPSA) is 30.0 Å². The van der Waals surface area contributed by atoms with Gasteiger partial charge in [-0.05, 0) is 11.7 Å². The molecule has 1 rings (SSSR count). The molecule has 0 saturated heterocycles. The van der Waals surface area contributed by atoms with E-state index < -0.39 is 0 Å². The molecular formula is C13H22BNOS. The minimum atomic E-state index is -0.00855. The molecule has 0 amide bonds. The Hall–Kier alpha value is -0.635. The summed E-state index contributed by atoms with van der Waals surface area (Å²) in [6.07, 6.45) is 0.528. The van der Waals surface area contributed by atoms with Crippen LogP contribution in [0.1, 0.15) is 61.9 Å². The van der Waals surface area contributed by atoms with Gasteiger partial charge in [0.05, 0.1) is 5.69 Å². The first-order valence-electron chi connectivity index (χ1n) is 6.12. The summed E-state index contributed by atoms with van der Waals surface area (Å²) in [5, 5.41) is 0.669. The highest BCUT2D eigenvalue weighted by Crippen LogP contribution is 2.37. The molecule has 0 atom stereocenters. The summed E-state index contributed by atoms with van der Waals surface area (Å²) in [5.41, 5.74) is 1.12. The number of hydrogen-bond acceptors (Lipinski definition) is 3. The Morgan fingerprint density at radius 2 is 1.71 bits per heavy atom. The number of carbonyl (C=O) groups excluding carboxylic acids is 1. The second-order valence-corrected chi connectivity index (χ2v) is 7.47. The van der Waals surface area contributed by atoms with Gasteiger partial charge >= 0.3 is 0 Å². The number of ketones is 1. The van der Waals surface area contributed by atoms with Gasteiger partial charge in [-0.2, -0.15) is 0 Å². The molecule has 0 bridgehead atoms. The van der Waals surface area contributed by atoms with E-state index in [0.717, 1.165) is 5.69 Å². The van der Waals surface area contributed by atoms with Crippen LogP contribution < -0.4 is 0 Å². The van der Waals surface area contributed by atoms with Crippen LogP contribution in [0.3, 0.4) is 0 Å². The molecule has 0 saturated carbocycles. The molecule has 0 aliphatic carbocycles. The molecule has 0 aliphatic heterocycles. The molecule has 2 nitrogen and oxygen atoms in total. The van der Waals surface area contributed by atoms with Crippen molar-refractivity contribution in [2.45, 2.75) is 58.7 Å². The third kappa shape index (κ3) is 3.18. The highest BCUT2D eigenvalue weighted by molar-refractivity contribution is 7.14. The third-order valence-electron chi connectivity index (χ3n) is 2.58. The van der Waals surface area contributed by atoms with Crippen molar-refractivity contribution in [3.8, 4) is 0 Å². The Labute approximate surface area is 109 Å². The summed E-state index contributed by atoms with van der Waals surface area (Å²) in [4.78, 5) is 17.6. The summed E-state index contributed by atoms with van der Waals surface area (Å²) >= 11 is 1.57. The van der Waals surface area contributed by atoms with E-state index in [9.17, 15) is 4.79 Å². The molecule has 0 aliphatic rings. The lowest BCUT2D eigenvalue weighted by Crippen LogP contribution is -2.20. The van der Waals surface area contributed by atoms with Crippen molar-refractivity contribution >= 4 is 25.0 Å². The lowest BCUT2D eigenvalue weighted by Gasteiger charge is -2.24. The van der Waals surface area contributed by atoms with Gasteiger partial charge in [0.25, 0.3) is 0 Å². The molecule has 0 unspecified atom stereocenters. The standard InChI is InChI=1S/C13H22BNOS/c1-12(2,3)9-10(13(4,5)6)17-11(15-9)8(16)7-14/h7,14H2,1-6H3. The molecule has 4 heteroatoms. The van der Waals surface area contributed by atoms with Crippen molar-refractivity contribution in [3.05, 3.63) is 15.6 Å². The number of hydrogen-bond donors (Lipinski definition) is 0. The van der Waals surface area contributed by atoms with E-state index in [1.165, 1.54) is 4.88 Å². The normalized spacial score (nSPS) is 12.8. The smallest absolute Gasteiger partial charge is 0.183 e. The zero-order chi connectivity index (χ0) is 13.4. The zero-order valence-electron chi connectivity index (χ0n) is 12.0. The zero-order valence-corrected chi connectivity index (χ0v) is 12.8. The van der Waals surface area contributed by atoms with Crippen molar-refractivity contribution < 1.29 is 4.79 Å². The predicted octanol–water partition coefficient (Wildman–Crippen LogP) is 2.97. The summed E-state index contributed by atoms with van der Waals surface area (Å²) in [6, 6.07) is 0. The Balaban J connectivity index is 3.38. The maximum absolute atomic E-state index is 11.8. The number of carbonyl (C=O) groups is 1. The molecule has 0 N–H and O–H groups in total. The van der Waals surface area contributed by atoms with E-state index in [1.807, 2.05) is 7.85 Å². The van der Waals surface area contributed by atoms with Crippen molar-refractivity contribution in [1.29, 1.82) is 0 Å². The molecule has 1 heterocycles. The van der Waals surface area contributed by atoms with Crippen LogP contribution in [0.5, 0.6) is 0 Å². The second kappa shape index (κ2) is 4.56. The summed E-state index contributed by atoms with van der Waals surface area (Å²) < 4.78 is 0. The van der Waals surface area contributed by atoms with Gasteiger partial charge in [0, 0.05) is 10.3 Å². The summed E-state index contributed by atoms with van der Waals surface area (Å²) in [7, 11) is 1.89. The summed E-state index contributed by atoms with van der Waals surface area (Å²) in [6.45, 7) is 13.0. The van der Waals surface area contributed by atoms with Gasteiger partial charge in [0.1, 0.15) is 7.85 Å². The number of Topliss-reactive ketones (excluding diaryl/α,β-unsaturated/α-hetero) is 1. The quantitative estimate of drug-likeness (QED) is 0.597. The first kappa shape index (κ1) is 14.4. The number of thiazole rings is 1. The molecule has 1 aromatic rings. The van der Waals surface area contributed by atoms with E-state index in [-0.39, 0.29) is 16.6 Å². The van der Waals surface area contributed by atoms with Gasteiger partial charge in [0.15, 0.2) is 10.8 Å². The molecule has 0 spiro atoms. The average molecular weight is 251 g/mol. The highest BCUT2D eigenvalue weighted by atomic mass is 32.1. The number of rotatable bonds is 2. The Morgan fingerprint density at radius 1 is 1.18 bits per heavy atom. The maximum Gasteiger partial charge on any atom is 0.183 e. The van der Waals surface area contributed by atoms with Crippen LogP contribution in [-0.2, 0) is 10.8 Å². The van der Waals surface area contributed by atoms with Crippen molar-refractivity contribution in [2.75, 3.05) is 0 Å². The van der Waals surface area contributed by atoms with Crippen LogP contribution >= 0.6 is 11.3 Å². The van der Waals surface area contributed by atoms with E-state index >= 15 is 0 Å². The van der Waals surface area contributed by atoms with Gasteiger partial charge in [0.2, 0.25) is 0 Å². The van der Waals surface area contributed by atoms with E-state index in [1.54, 1.807) is 11.3 Å². The van der Waals surface area contributed by atoms with Crippen LogP contribution in [-0.4, -0.2) is 18.6 Å². The van der Waals surface area contributed by atoms with Crippen LogP contribution in [0.4, 0.5) is 0 Å². The van der Waals surface area contributed by atoms with Crippen LogP contribution in [0.25, 0.3) is 0 Å². The molecule has 1 aromatic heterocycles. The Morgan fingerprint density at radius 3 is 2.00 bits per heavy atom. The minimum Gasteiger partial charge on any atom is -0.292 e. The van der Waals surface area contributed by atoms with Gasteiger partial charge in [-0.25, -0.2) is 4.98 Å². The first-order chi connectivity index (χ1) is 7.57. The minimum absolute atomic E-state index is 0.00855. The molecule has 0 radical (unpaired) electrons. The first-order valence-corrected chi connectivity index (χ1v) is 6.94. The van der Waals surface area contributed by atoms with Crippen molar-refractivity contribution in [3.63, 3.8) is 0 Å². The highest BCUT2D eigenvalue weighted by Gasteiger charge is 2.30. The number of aromatic nitrogens is 1. The Kier molecular flexibility index (Phi) is 3.87. The van der Waals surface area contributed by atoms with Crippen LogP contribution in [0.2, 0.25) is 6.32 Å². The lowest BCUT2D eigenvalue weighted by atomic mass is 9.84. The van der Waals surface area contributed by atoms with Crippen LogP contribution in [0, 0.1) is 0 Å². The fraction of sp³-hybridized carbons (Fsp3) is 0.692. The maximum atomic E-state index is 11.8. The van der Waals surface area contributed by atoms with Gasteiger partial charge in [-0.15, -0.1) is 11.3 Å². The van der Waals surface area contributed by atoms with E-state index in [2.05, 4.69) is 46.5 Å². The average Bonchev–Trinajstić information content (AvgIpc) is 2.59. The molecule has 94 valence electrons. The van der Waals surface area contributed by atoms with Gasteiger partial charge < -0.3 is 0 Å². The van der Waals surface area contributed by atoms with Gasteiger partial charge in [-0.1, -0.05) is 41.5 Å². The molecule has 17 heavy (non-hydrogen) atoms. The molecule has 0 aromatic carbocycles. The van der Waals surface area contributed by atoms with Gasteiger partial charge in [-0.3, -0.25) is 4.79 Å². The fourth-order valence-corrected chi connectivity index (χ4v) is 2.95. The number of nitrogens with zero attached hydrogens (tertiary/aromatic N) is 1. The SMILES string of the molecule is BCC(=O)c1nc(C(C)(C)C)c(C(C)(C)C)s1. The van der Waals surface area contributed by atoms with E-state index in [0.29, 0.717) is 11.3 Å². The van der Waals surface area contributed by atoms with Crippen molar-refractivity contribution in [1.82, 2.24) is 4.98 Å². The Bertz CT molecular complexity index is 392. The van der Waals surface area contributed by atoms with Crippen LogP contribution in [0.15, 0.2) is 0 Å². The lowest BCUT2D eigenvalue weighted by molar-refractivity contribution is 0.101. The fourth-order valence-electron chi connectivity index (χ4n) is 1.61. The van der Waals surface area contributed by atoms with E-state index in [4.69, 9.17) is 0 Å². The molecular weight excluding hydrogens is 229 g/mol. The largest absolute Gasteiger partial charge is 0.292 e. The third-order valence-corrected chi connectivity index (χ3v) is 4.10. The monoisotopic (exact) mass is 251 g/mol. The second-order valence-electron chi connectivity index (χ2n) is 6.47. The summed E-state index contributed by atoms with van der Waals surface area (Å²) in [5.74, 6) is 0.149. The van der Waals surface area contributed by atoms with Crippen molar-refractivity contribution in [2.24, 2.45) is 0 Å².